The number of sulfonamides is 1. The van der Waals surface area contributed by atoms with Crippen LogP contribution in [-0.4, -0.2) is 15.0 Å². The molecular weight excluding hydrogens is 260 g/mol. The number of nitrogens with one attached hydrogen (secondary N) is 1. The van der Waals surface area contributed by atoms with Crippen LogP contribution in [0.25, 0.3) is 0 Å². The van der Waals surface area contributed by atoms with E-state index < -0.39 is 10.0 Å². The van der Waals surface area contributed by atoms with E-state index in [1.54, 1.807) is 6.07 Å². The highest BCUT2D eigenvalue weighted by atomic mass is 32.2. The zero-order valence-electron chi connectivity index (χ0n) is 11.5. The molecule has 1 aromatic carbocycles. The Morgan fingerprint density at radius 1 is 1.42 bits per heavy atom. The maximum absolute atomic E-state index is 12.4. The van der Waals surface area contributed by atoms with Crippen LogP contribution in [0.4, 0.5) is 0 Å². The van der Waals surface area contributed by atoms with E-state index in [1.165, 1.54) is 0 Å². The highest BCUT2D eigenvalue weighted by Crippen LogP contribution is 2.37. The van der Waals surface area contributed by atoms with Crippen molar-refractivity contribution in [2.24, 2.45) is 17.6 Å². The largest absolute Gasteiger partial charge is 0.326 e. The summed E-state index contributed by atoms with van der Waals surface area (Å²) >= 11 is 0. The normalized spacial score (nSPS) is 22.5. The molecule has 0 aliphatic heterocycles. The lowest BCUT2D eigenvalue weighted by Crippen LogP contribution is -2.27. The van der Waals surface area contributed by atoms with Crippen LogP contribution in [0, 0.1) is 11.8 Å². The van der Waals surface area contributed by atoms with Crippen LogP contribution in [0.15, 0.2) is 23.1 Å². The minimum absolute atomic E-state index is 0.353. The lowest BCUT2D eigenvalue weighted by molar-refractivity contribution is 0.573. The van der Waals surface area contributed by atoms with Crippen LogP contribution in [0.5, 0.6) is 0 Å². The van der Waals surface area contributed by atoms with Crippen molar-refractivity contribution >= 4 is 10.0 Å². The van der Waals surface area contributed by atoms with Crippen molar-refractivity contribution in [3.63, 3.8) is 0 Å². The number of nitrogens with two attached hydrogens (primary N) is 1. The molecule has 1 fully saturated rings. The van der Waals surface area contributed by atoms with E-state index in [1.807, 2.05) is 19.1 Å². The summed E-state index contributed by atoms with van der Waals surface area (Å²) in [4.78, 5) is 0.381. The van der Waals surface area contributed by atoms with Gasteiger partial charge in [-0.1, -0.05) is 26.0 Å². The SMILES string of the molecule is CCc1ccc(CN)cc1S(=O)(=O)NCC1CC1C. The molecule has 0 amide bonds. The van der Waals surface area contributed by atoms with Gasteiger partial charge in [0.1, 0.15) is 0 Å². The highest BCUT2D eigenvalue weighted by molar-refractivity contribution is 7.89. The first-order valence-electron chi connectivity index (χ1n) is 6.79. The monoisotopic (exact) mass is 282 g/mol. The molecule has 19 heavy (non-hydrogen) atoms. The van der Waals surface area contributed by atoms with Crippen molar-refractivity contribution < 1.29 is 8.42 Å². The number of hydrogen-bond donors (Lipinski definition) is 2. The van der Waals surface area contributed by atoms with Gasteiger partial charge in [0, 0.05) is 13.1 Å². The summed E-state index contributed by atoms with van der Waals surface area (Å²) in [5, 5.41) is 0. The summed E-state index contributed by atoms with van der Waals surface area (Å²) in [6, 6.07) is 5.44. The molecule has 0 spiro atoms. The topological polar surface area (TPSA) is 72.2 Å². The zero-order valence-corrected chi connectivity index (χ0v) is 12.3. The quantitative estimate of drug-likeness (QED) is 0.833. The fourth-order valence-electron chi connectivity index (χ4n) is 2.25. The van der Waals surface area contributed by atoms with Gasteiger partial charge in [0.2, 0.25) is 10.0 Å². The van der Waals surface area contributed by atoms with Crippen LogP contribution in [-0.2, 0) is 23.0 Å². The van der Waals surface area contributed by atoms with Crippen LogP contribution in [0.1, 0.15) is 31.4 Å². The summed E-state index contributed by atoms with van der Waals surface area (Å²) < 4.78 is 27.5. The molecule has 1 aliphatic rings. The second-order valence-corrected chi connectivity index (χ2v) is 7.06. The molecule has 2 atom stereocenters. The van der Waals surface area contributed by atoms with Crippen molar-refractivity contribution in [1.82, 2.24) is 4.72 Å². The highest BCUT2D eigenvalue weighted by Gasteiger charge is 2.33. The second kappa shape index (κ2) is 5.61. The summed E-state index contributed by atoms with van der Waals surface area (Å²) in [6.07, 6.45) is 1.81. The smallest absolute Gasteiger partial charge is 0.240 e. The van der Waals surface area contributed by atoms with Crippen LogP contribution in [0.3, 0.4) is 0 Å². The molecule has 2 rings (SSSR count). The molecule has 106 valence electrons. The van der Waals surface area contributed by atoms with E-state index in [0.717, 1.165) is 17.5 Å². The van der Waals surface area contributed by atoms with Crippen molar-refractivity contribution in [3.05, 3.63) is 29.3 Å². The third-order valence-electron chi connectivity index (χ3n) is 3.85. The molecule has 4 nitrogen and oxygen atoms in total. The van der Waals surface area contributed by atoms with Gasteiger partial charge in [-0.2, -0.15) is 0 Å². The molecule has 3 N–H and O–H groups in total. The maximum Gasteiger partial charge on any atom is 0.240 e. The van der Waals surface area contributed by atoms with Crippen molar-refractivity contribution in [2.75, 3.05) is 6.54 Å². The van der Waals surface area contributed by atoms with Crippen LogP contribution in [0.2, 0.25) is 0 Å². The van der Waals surface area contributed by atoms with E-state index in [4.69, 9.17) is 5.73 Å². The minimum atomic E-state index is -3.42. The average molecular weight is 282 g/mol. The maximum atomic E-state index is 12.4. The predicted molar refractivity (Wildman–Crippen MR) is 76.2 cm³/mol. The first kappa shape index (κ1) is 14.5. The van der Waals surface area contributed by atoms with Crippen molar-refractivity contribution in [1.29, 1.82) is 0 Å². The van der Waals surface area contributed by atoms with Crippen molar-refractivity contribution in [3.8, 4) is 0 Å². The predicted octanol–water partition coefficient (Wildman–Crippen LogP) is 1.64. The Bertz CT molecular complexity index is 555. The Labute approximate surface area is 115 Å². The Kier molecular flexibility index (Phi) is 4.28. The number of benzene rings is 1. The third kappa shape index (κ3) is 3.35. The van der Waals surface area contributed by atoms with Gasteiger partial charge >= 0.3 is 0 Å². The third-order valence-corrected chi connectivity index (χ3v) is 5.36. The molecule has 1 saturated carbocycles. The van der Waals surface area contributed by atoms with E-state index in [2.05, 4.69) is 11.6 Å². The summed E-state index contributed by atoms with van der Waals surface area (Å²) in [6.45, 7) is 5.00. The van der Waals surface area contributed by atoms with Gasteiger partial charge in [0.25, 0.3) is 0 Å². The van der Waals surface area contributed by atoms with Gasteiger partial charge in [-0.25, -0.2) is 13.1 Å². The molecule has 0 radical (unpaired) electrons. The standard InChI is InChI=1S/C14H22N2O2S/c1-3-12-5-4-11(8-15)7-14(12)19(17,18)16-9-13-6-10(13)2/h4-5,7,10,13,16H,3,6,8-9,15H2,1-2H3. The molecule has 5 heteroatoms. The molecule has 0 aromatic heterocycles. The number of aryl methyl sites for hydroxylation is 1. The molecule has 0 heterocycles. The van der Waals surface area contributed by atoms with Crippen LogP contribution < -0.4 is 10.5 Å². The number of rotatable bonds is 6. The van der Waals surface area contributed by atoms with Gasteiger partial charge in [-0.3, -0.25) is 0 Å². The fourth-order valence-corrected chi connectivity index (χ4v) is 3.70. The average Bonchev–Trinajstić information content (AvgIpc) is 3.12. The van der Waals surface area contributed by atoms with E-state index in [0.29, 0.717) is 36.2 Å². The first-order chi connectivity index (χ1) is 8.97. The first-order valence-corrected chi connectivity index (χ1v) is 8.27. The molecule has 1 aliphatic carbocycles. The summed E-state index contributed by atoms with van der Waals surface area (Å²) in [7, 11) is -3.42. The Morgan fingerprint density at radius 2 is 2.11 bits per heavy atom. The lowest BCUT2D eigenvalue weighted by atomic mass is 10.1. The minimum Gasteiger partial charge on any atom is -0.326 e. The molecule has 2 unspecified atom stereocenters. The van der Waals surface area contributed by atoms with E-state index in [-0.39, 0.29) is 0 Å². The van der Waals surface area contributed by atoms with Crippen molar-refractivity contribution in [2.45, 2.75) is 38.1 Å². The molecular formula is C14H22N2O2S. The summed E-state index contributed by atoms with van der Waals surface area (Å²) in [5.41, 5.74) is 7.27. The molecule has 0 saturated heterocycles. The molecule has 0 bridgehead atoms. The Morgan fingerprint density at radius 3 is 2.63 bits per heavy atom. The van der Waals surface area contributed by atoms with Gasteiger partial charge < -0.3 is 5.73 Å². The van der Waals surface area contributed by atoms with Gasteiger partial charge in [0.05, 0.1) is 4.90 Å². The molecule has 1 aromatic rings. The van der Waals surface area contributed by atoms with E-state index in [9.17, 15) is 8.42 Å². The zero-order chi connectivity index (χ0) is 14.0. The lowest BCUT2D eigenvalue weighted by Gasteiger charge is -2.12. The van der Waals surface area contributed by atoms with Crippen LogP contribution >= 0.6 is 0 Å². The second-order valence-electron chi connectivity index (χ2n) is 5.32. The van der Waals surface area contributed by atoms with Gasteiger partial charge in [-0.05, 0) is 41.9 Å². The Hall–Kier alpha value is -0.910. The van der Waals surface area contributed by atoms with E-state index >= 15 is 0 Å². The van der Waals surface area contributed by atoms with Gasteiger partial charge in [0.15, 0.2) is 0 Å². The Balaban J connectivity index is 2.22. The van der Waals surface area contributed by atoms with Gasteiger partial charge in [-0.15, -0.1) is 0 Å². The number of hydrogen-bond acceptors (Lipinski definition) is 3. The summed E-state index contributed by atoms with van der Waals surface area (Å²) in [5.74, 6) is 1.14. The fraction of sp³-hybridized carbons (Fsp3) is 0.571.